The maximum absolute atomic E-state index is 13.2. The van der Waals surface area contributed by atoms with E-state index in [9.17, 15) is 13.2 Å². The van der Waals surface area contributed by atoms with Gasteiger partial charge >= 0.3 is 0 Å². The molecule has 0 unspecified atom stereocenters. The van der Waals surface area contributed by atoms with Gasteiger partial charge in [0.15, 0.2) is 11.0 Å². The van der Waals surface area contributed by atoms with E-state index in [0.717, 1.165) is 16.8 Å². The van der Waals surface area contributed by atoms with Gasteiger partial charge in [0.1, 0.15) is 9.71 Å². The van der Waals surface area contributed by atoms with Gasteiger partial charge in [-0.1, -0.05) is 41.4 Å². The number of fused-ring (bicyclic) bond motifs is 1. The number of halogens is 1. The van der Waals surface area contributed by atoms with Crippen LogP contribution in [0.15, 0.2) is 77.7 Å². The second kappa shape index (κ2) is 9.30. The number of benzene rings is 2. The Balaban J connectivity index is 1.41. The van der Waals surface area contributed by atoms with E-state index in [1.807, 2.05) is 43.3 Å². The first-order chi connectivity index (χ1) is 17.2. The van der Waals surface area contributed by atoms with Gasteiger partial charge < -0.3 is 5.73 Å². The zero-order valence-electron chi connectivity index (χ0n) is 18.8. The predicted octanol–water partition coefficient (Wildman–Crippen LogP) is 5.33. The molecule has 0 aliphatic rings. The number of nitrogen functional groups attached to an aromatic ring is 1. The summed E-state index contributed by atoms with van der Waals surface area (Å²) in [6, 6.07) is 20.2. The van der Waals surface area contributed by atoms with Crippen molar-refractivity contribution in [1.82, 2.24) is 15.2 Å². The predicted molar refractivity (Wildman–Crippen MR) is 142 cm³/mol. The number of hydrogen-bond acceptors (Lipinski definition) is 8. The average molecular weight is 536 g/mol. The van der Waals surface area contributed by atoms with Gasteiger partial charge in [-0.3, -0.25) is 9.52 Å². The molecular formula is C25H18ClN5O3S2. The van der Waals surface area contributed by atoms with Crippen LogP contribution in [0.2, 0.25) is 5.15 Å². The Labute approximate surface area is 215 Å². The number of pyridine rings is 1. The molecule has 5 aromatic rings. The van der Waals surface area contributed by atoms with Gasteiger partial charge in [0.2, 0.25) is 5.78 Å². The normalized spacial score (nSPS) is 11.5. The Kier molecular flexibility index (Phi) is 6.17. The third kappa shape index (κ3) is 4.66. The highest BCUT2D eigenvalue weighted by molar-refractivity contribution is 7.92. The summed E-state index contributed by atoms with van der Waals surface area (Å²) in [6.45, 7) is 2.02. The minimum atomic E-state index is -3.93. The molecule has 0 saturated heterocycles. The Hall–Kier alpha value is -3.86. The lowest BCUT2D eigenvalue weighted by atomic mass is 10.1. The van der Waals surface area contributed by atoms with E-state index >= 15 is 0 Å². The highest BCUT2D eigenvalue weighted by Gasteiger charge is 2.21. The number of carbonyl (C=O) groups is 1. The lowest BCUT2D eigenvalue weighted by Gasteiger charge is -2.07. The summed E-state index contributed by atoms with van der Waals surface area (Å²) in [5.41, 5.74) is 9.87. The maximum atomic E-state index is 13.2. The van der Waals surface area contributed by atoms with E-state index in [-0.39, 0.29) is 21.6 Å². The molecule has 2 aromatic carbocycles. The van der Waals surface area contributed by atoms with Crippen molar-refractivity contribution in [2.75, 3.05) is 10.5 Å². The van der Waals surface area contributed by atoms with E-state index in [0.29, 0.717) is 26.3 Å². The van der Waals surface area contributed by atoms with Crippen molar-refractivity contribution in [2.45, 2.75) is 11.8 Å². The average Bonchev–Trinajstić information content (AvgIpc) is 3.21. The highest BCUT2D eigenvalue weighted by atomic mass is 35.5. The topological polar surface area (TPSA) is 128 Å². The van der Waals surface area contributed by atoms with Gasteiger partial charge in [-0.15, -0.1) is 21.5 Å². The molecule has 0 spiro atoms. The molecule has 8 nitrogen and oxygen atoms in total. The zero-order valence-corrected chi connectivity index (χ0v) is 21.2. The molecule has 0 fully saturated rings. The molecule has 180 valence electrons. The van der Waals surface area contributed by atoms with E-state index < -0.39 is 10.0 Å². The van der Waals surface area contributed by atoms with Crippen LogP contribution >= 0.6 is 22.9 Å². The third-order valence-electron chi connectivity index (χ3n) is 5.45. The van der Waals surface area contributed by atoms with Crippen molar-refractivity contribution >= 4 is 60.5 Å². The standard InChI is InChI=1S/C25H18ClN5O3S2/c1-14-2-4-15(5-3-14)19-11-10-18-22(27)24(35-25(18)28-19)23(32)16-6-8-17(9-7-16)36(33,34)31-21-13-12-20(26)29-30-21/h2-13H,27H2,1H3,(H,30,31). The smallest absolute Gasteiger partial charge is 0.263 e. The molecule has 0 aliphatic carbocycles. The second-order valence-electron chi connectivity index (χ2n) is 7.96. The van der Waals surface area contributed by atoms with Crippen LogP contribution in [0.3, 0.4) is 0 Å². The molecule has 3 N–H and O–H groups in total. The number of aromatic nitrogens is 3. The summed E-state index contributed by atoms with van der Waals surface area (Å²) in [5.74, 6) is -0.289. The number of anilines is 2. The van der Waals surface area contributed by atoms with E-state index in [4.69, 9.17) is 22.3 Å². The van der Waals surface area contributed by atoms with Gasteiger partial charge in [0.25, 0.3) is 10.0 Å². The van der Waals surface area contributed by atoms with Crippen LogP contribution in [0.25, 0.3) is 21.5 Å². The first kappa shape index (κ1) is 23.9. The monoisotopic (exact) mass is 535 g/mol. The van der Waals surface area contributed by atoms with Crippen LogP contribution in [0.4, 0.5) is 11.5 Å². The lowest BCUT2D eigenvalue weighted by Crippen LogP contribution is -2.14. The van der Waals surface area contributed by atoms with E-state index in [2.05, 4.69) is 14.9 Å². The van der Waals surface area contributed by atoms with Gasteiger partial charge in [-0.2, -0.15) is 0 Å². The Morgan fingerprint density at radius 1 is 0.944 bits per heavy atom. The number of nitrogens with two attached hydrogens (primary N) is 1. The number of hydrogen-bond donors (Lipinski definition) is 2. The largest absolute Gasteiger partial charge is 0.397 e. The van der Waals surface area contributed by atoms with Crippen molar-refractivity contribution in [3.63, 3.8) is 0 Å². The minimum Gasteiger partial charge on any atom is -0.397 e. The number of sulfonamides is 1. The molecule has 5 rings (SSSR count). The highest BCUT2D eigenvalue weighted by Crippen LogP contribution is 2.35. The van der Waals surface area contributed by atoms with Gasteiger partial charge in [-0.05, 0) is 55.5 Å². The zero-order chi connectivity index (χ0) is 25.4. The van der Waals surface area contributed by atoms with Crippen LogP contribution in [0.5, 0.6) is 0 Å². The SMILES string of the molecule is Cc1ccc(-c2ccc3c(N)c(C(=O)c4ccc(S(=O)(=O)Nc5ccc(Cl)nn5)cc4)sc3n2)cc1. The fourth-order valence-electron chi connectivity index (χ4n) is 3.53. The van der Waals surface area contributed by atoms with E-state index in [1.54, 1.807) is 0 Å². The summed E-state index contributed by atoms with van der Waals surface area (Å²) in [4.78, 5) is 18.9. The number of carbonyl (C=O) groups excluding carboxylic acids is 1. The molecule has 3 aromatic heterocycles. The quantitative estimate of drug-likeness (QED) is 0.281. The number of ketones is 1. The molecule has 0 saturated carbocycles. The van der Waals surface area contributed by atoms with Crippen molar-refractivity contribution in [3.8, 4) is 11.3 Å². The lowest BCUT2D eigenvalue weighted by molar-refractivity contribution is 0.104. The van der Waals surface area contributed by atoms with Crippen molar-refractivity contribution < 1.29 is 13.2 Å². The summed E-state index contributed by atoms with van der Waals surface area (Å²) in [7, 11) is -3.93. The molecule has 0 radical (unpaired) electrons. The third-order valence-corrected chi connectivity index (χ3v) is 8.13. The maximum Gasteiger partial charge on any atom is 0.263 e. The van der Waals surface area contributed by atoms with Crippen LogP contribution < -0.4 is 10.5 Å². The number of nitrogens with zero attached hydrogens (tertiary/aromatic N) is 3. The fourth-order valence-corrected chi connectivity index (χ4v) is 5.69. The second-order valence-corrected chi connectivity index (χ2v) is 11.0. The first-order valence-electron chi connectivity index (χ1n) is 10.6. The molecule has 0 bridgehead atoms. The molecule has 0 aliphatic heterocycles. The van der Waals surface area contributed by atoms with Gasteiger partial charge in [0, 0.05) is 16.5 Å². The number of nitrogens with one attached hydrogen (secondary N) is 1. The summed E-state index contributed by atoms with van der Waals surface area (Å²) < 4.78 is 27.6. The number of aryl methyl sites for hydroxylation is 1. The van der Waals surface area contributed by atoms with Crippen LogP contribution in [-0.4, -0.2) is 29.4 Å². The number of rotatable bonds is 6. The molecule has 0 amide bonds. The summed E-state index contributed by atoms with van der Waals surface area (Å²) in [6.07, 6.45) is 0. The van der Waals surface area contributed by atoms with Crippen LogP contribution in [-0.2, 0) is 10.0 Å². The Morgan fingerprint density at radius 3 is 2.33 bits per heavy atom. The molecule has 0 atom stereocenters. The van der Waals surface area contributed by atoms with Crippen molar-refractivity contribution in [2.24, 2.45) is 0 Å². The summed E-state index contributed by atoms with van der Waals surface area (Å²) >= 11 is 6.89. The molecule has 3 heterocycles. The number of thiophene rings is 1. The Morgan fingerprint density at radius 2 is 1.67 bits per heavy atom. The summed E-state index contributed by atoms with van der Waals surface area (Å²) in [5, 5.41) is 8.14. The minimum absolute atomic E-state index is 0.0232. The van der Waals surface area contributed by atoms with Crippen LogP contribution in [0.1, 0.15) is 20.8 Å². The van der Waals surface area contributed by atoms with Gasteiger partial charge in [0.05, 0.1) is 16.3 Å². The molecule has 36 heavy (non-hydrogen) atoms. The fraction of sp³-hybridized carbons (Fsp3) is 0.0400. The molecule has 11 heteroatoms. The van der Waals surface area contributed by atoms with E-state index in [1.165, 1.54) is 47.7 Å². The van der Waals surface area contributed by atoms with Gasteiger partial charge in [-0.25, -0.2) is 13.4 Å². The Bertz CT molecular complexity index is 1700. The van der Waals surface area contributed by atoms with Crippen molar-refractivity contribution in [3.05, 3.63) is 94.0 Å². The van der Waals surface area contributed by atoms with Crippen molar-refractivity contribution in [1.29, 1.82) is 0 Å². The van der Waals surface area contributed by atoms with Crippen LogP contribution in [0, 0.1) is 6.92 Å². The molecular weight excluding hydrogens is 518 g/mol. The first-order valence-corrected chi connectivity index (χ1v) is 13.3.